The Hall–Kier alpha value is -3.19. The van der Waals surface area contributed by atoms with E-state index in [-0.39, 0.29) is 0 Å². The first-order valence-electron chi connectivity index (χ1n) is 9.84. The lowest BCUT2D eigenvalue weighted by atomic mass is 10.1. The molecule has 1 fully saturated rings. The number of hydrogen-bond acceptors (Lipinski definition) is 6. The molecule has 29 heavy (non-hydrogen) atoms. The van der Waals surface area contributed by atoms with E-state index < -0.39 is 5.63 Å². The molecule has 1 aliphatic rings. The molecule has 0 amide bonds. The van der Waals surface area contributed by atoms with Gasteiger partial charge in [-0.05, 0) is 56.8 Å². The molecule has 148 valence electrons. The largest absolute Gasteiger partial charge is 0.403 e. The third kappa shape index (κ3) is 3.17. The number of fused-ring (bicyclic) bond motifs is 2. The highest BCUT2D eigenvalue weighted by atomic mass is 16.4. The zero-order valence-electron chi connectivity index (χ0n) is 16.8. The number of piperazine rings is 1. The zero-order chi connectivity index (χ0) is 20.1. The average Bonchev–Trinajstić information content (AvgIpc) is 3.12. The first-order chi connectivity index (χ1) is 14.0. The number of likely N-dealkylation sites (N-methyl/N-ethyl adjacent to an activating group) is 1. The van der Waals surface area contributed by atoms with Crippen LogP contribution in [0.25, 0.3) is 28.0 Å². The topological polar surface area (TPSA) is 66.9 Å². The highest BCUT2D eigenvalue weighted by Crippen LogP contribution is 2.24. The Labute approximate surface area is 168 Å². The Morgan fingerprint density at radius 3 is 2.83 bits per heavy atom. The van der Waals surface area contributed by atoms with Crippen LogP contribution in [0.2, 0.25) is 0 Å². The highest BCUT2D eigenvalue weighted by Gasteiger charge is 2.22. The van der Waals surface area contributed by atoms with Gasteiger partial charge in [-0.3, -0.25) is 0 Å². The van der Waals surface area contributed by atoms with Crippen molar-refractivity contribution >= 4 is 22.6 Å². The van der Waals surface area contributed by atoms with Crippen LogP contribution in [0.5, 0.6) is 0 Å². The lowest BCUT2D eigenvalue weighted by molar-refractivity contribution is 0.233. The molecule has 7 heteroatoms. The van der Waals surface area contributed by atoms with Crippen LogP contribution in [0.15, 0.2) is 51.9 Å². The Balaban J connectivity index is 1.53. The highest BCUT2D eigenvalue weighted by molar-refractivity contribution is 5.80. The minimum absolute atomic E-state index is 0.363. The molecule has 0 saturated carbocycles. The van der Waals surface area contributed by atoms with Gasteiger partial charge in [-0.25, -0.2) is 9.78 Å². The molecular formula is C22H23N5O2. The minimum Gasteiger partial charge on any atom is -0.403 e. The van der Waals surface area contributed by atoms with E-state index in [0.29, 0.717) is 23.0 Å². The Morgan fingerprint density at radius 2 is 2.00 bits per heavy atom. The first-order valence-corrected chi connectivity index (χ1v) is 9.84. The van der Waals surface area contributed by atoms with Crippen molar-refractivity contribution in [3.8, 4) is 11.3 Å². The van der Waals surface area contributed by atoms with Crippen molar-refractivity contribution in [1.29, 1.82) is 0 Å². The summed E-state index contributed by atoms with van der Waals surface area (Å²) in [5, 5.41) is 0.791. The summed E-state index contributed by atoms with van der Waals surface area (Å²) in [5.74, 6) is 0.844. The molecule has 1 atom stereocenters. The van der Waals surface area contributed by atoms with Crippen LogP contribution < -0.4 is 10.5 Å². The van der Waals surface area contributed by atoms with Crippen LogP contribution >= 0.6 is 0 Å². The van der Waals surface area contributed by atoms with Crippen LogP contribution in [0.1, 0.15) is 12.5 Å². The lowest BCUT2D eigenvalue weighted by Crippen LogP contribution is -2.50. The van der Waals surface area contributed by atoms with E-state index in [2.05, 4.69) is 33.7 Å². The predicted molar refractivity (Wildman–Crippen MR) is 114 cm³/mol. The maximum absolute atomic E-state index is 12.7. The number of imidazole rings is 1. The number of anilines is 1. The van der Waals surface area contributed by atoms with Crippen molar-refractivity contribution in [2.24, 2.45) is 0 Å². The fourth-order valence-electron chi connectivity index (χ4n) is 3.81. The summed E-state index contributed by atoms with van der Waals surface area (Å²) >= 11 is 0. The molecule has 0 spiro atoms. The van der Waals surface area contributed by atoms with Gasteiger partial charge in [0.2, 0.25) is 5.71 Å². The molecule has 0 bridgehead atoms. The fraction of sp³-hybridized carbons (Fsp3) is 0.318. The molecule has 0 unspecified atom stereocenters. The quantitative estimate of drug-likeness (QED) is 0.525. The van der Waals surface area contributed by atoms with Crippen LogP contribution in [0.3, 0.4) is 0 Å². The molecule has 1 aliphatic heterocycles. The minimum atomic E-state index is -0.422. The maximum atomic E-state index is 12.7. The van der Waals surface area contributed by atoms with Gasteiger partial charge in [0.1, 0.15) is 11.5 Å². The number of nitrogens with zero attached hydrogens (tertiary/aromatic N) is 5. The number of aryl methyl sites for hydroxylation is 1. The van der Waals surface area contributed by atoms with Crippen molar-refractivity contribution in [2.75, 3.05) is 31.6 Å². The van der Waals surface area contributed by atoms with E-state index >= 15 is 0 Å². The molecule has 7 nitrogen and oxygen atoms in total. The van der Waals surface area contributed by atoms with Gasteiger partial charge in [0, 0.05) is 43.5 Å². The Morgan fingerprint density at radius 1 is 1.14 bits per heavy atom. The second-order valence-electron chi connectivity index (χ2n) is 7.88. The molecule has 4 aromatic rings. The van der Waals surface area contributed by atoms with Gasteiger partial charge >= 0.3 is 5.63 Å². The van der Waals surface area contributed by atoms with E-state index in [1.807, 2.05) is 54.0 Å². The van der Waals surface area contributed by atoms with Gasteiger partial charge in [-0.2, -0.15) is 4.98 Å². The molecule has 1 saturated heterocycles. The SMILES string of the molecule is Cc1ccn2cc(-c3cc4ccc(N5CCN(C)[C@@H](C)C5)nc4oc3=O)nc2c1. The molecule has 5 rings (SSSR count). The van der Waals surface area contributed by atoms with Gasteiger partial charge in [0.05, 0.1) is 11.3 Å². The molecule has 0 N–H and O–H groups in total. The summed E-state index contributed by atoms with van der Waals surface area (Å²) in [6, 6.07) is 10.2. The van der Waals surface area contributed by atoms with E-state index in [0.717, 1.165) is 42.0 Å². The van der Waals surface area contributed by atoms with Crippen LogP contribution in [0.4, 0.5) is 5.82 Å². The second kappa shape index (κ2) is 6.70. The number of pyridine rings is 2. The summed E-state index contributed by atoms with van der Waals surface area (Å²) < 4.78 is 7.50. The molecule has 5 heterocycles. The van der Waals surface area contributed by atoms with E-state index in [1.165, 1.54) is 0 Å². The normalized spacial score (nSPS) is 18.0. The first kappa shape index (κ1) is 17.9. The third-order valence-corrected chi connectivity index (χ3v) is 5.76. The van der Waals surface area contributed by atoms with Crippen LogP contribution in [-0.4, -0.2) is 52.0 Å². The summed E-state index contributed by atoms with van der Waals surface area (Å²) in [7, 11) is 2.14. The van der Waals surface area contributed by atoms with Gasteiger partial charge in [0.15, 0.2) is 0 Å². The number of rotatable bonds is 2. The molecular weight excluding hydrogens is 366 g/mol. The molecule has 0 radical (unpaired) electrons. The standard InChI is InChI=1S/C22H23N5O2/c1-14-6-7-26-13-18(23-20(26)10-14)17-11-16-4-5-19(24-21(16)29-22(17)28)27-9-8-25(3)15(2)12-27/h4-7,10-11,13,15H,8-9,12H2,1-3H3/t15-/m0/s1. The van der Waals surface area contributed by atoms with Crippen LogP contribution in [0, 0.1) is 6.92 Å². The zero-order valence-corrected chi connectivity index (χ0v) is 16.8. The van der Waals surface area contributed by atoms with Crippen molar-refractivity contribution in [3.05, 3.63) is 58.7 Å². The number of hydrogen-bond donors (Lipinski definition) is 0. The van der Waals surface area contributed by atoms with Crippen molar-refractivity contribution in [3.63, 3.8) is 0 Å². The molecule has 0 aliphatic carbocycles. The Kier molecular flexibility index (Phi) is 4.13. The third-order valence-electron chi connectivity index (χ3n) is 5.76. The molecule has 0 aromatic carbocycles. The maximum Gasteiger partial charge on any atom is 0.347 e. The van der Waals surface area contributed by atoms with E-state index in [4.69, 9.17) is 4.42 Å². The summed E-state index contributed by atoms with van der Waals surface area (Å²) in [6.45, 7) is 7.01. The second-order valence-corrected chi connectivity index (χ2v) is 7.88. The lowest BCUT2D eigenvalue weighted by Gasteiger charge is -2.38. The van der Waals surface area contributed by atoms with Gasteiger partial charge in [0.25, 0.3) is 0 Å². The predicted octanol–water partition coefficient (Wildman–Crippen LogP) is 2.95. The van der Waals surface area contributed by atoms with Gasteiger partial charge in [-0.1, -0.05) is 0 Å². The number of aromatic nitrogens is 3. The summed E-state index contributed by atoms with van der Waals surface area (Å²) in [4.78, 5) is 26.5. The monoisotopic (exact) mass is 389 g/mol. The fourth-order valence-corrected chi connectivity index (χ4v) is 3.81. The molecule has 4 aromatic heterocycles. The average molecular weight is 389 g/mol. The summed E-state index contributed by atoms with van der Waals surface area (Å²) in [6.07, 6.45) is 3.79. The van der Waals surface area contributed by atoms with Crippen molar-refractivity contribution < 1.29 is 4.42 Å². The van der Waals surface area contributed by atoms with Gasteiger partial charge in [-0.15, -0.1) is 0 Å². The van der Waals surface area contributed by atoms with E-state index in [9.17, 15) is 4.79 Å². The Bertz CT molecular complexity index is 1280. The van der Waals surface area contributed by atoms with Crippen LogP contribution in [-0.2, 0) is 0 Å². The van der Waals surface area contributed by atoms with Crippen molar-refractivity contribution in [2.45, 2.75) is 19.9 Å². The van der Waals surface area contributed by atoms with Crippen molar-refractivity contribution in [1.82, 2.24) is 19.3 Å². The van der Waals surface area contributed by atoms with E-state index in [1.54, 1.807) is 0 Å². The smallest absolute Gasteiger partial charge is 0.347 e. The van der Waals surface area contributed by atoms with Gasteiger partial charge < -0.3 is 18.6 Å². The summed E-state index contributed by atoms with van der Waals surface area (Å²) in [5.41, 5.74) is 2.91.